The minimum Gasteiger partial charge on any atom is -0.396 e. The van der Waals surface area contributed by atoms with Gasteiger partial charge in [0.2, 0.25) is 0 Å². The summed E-state index contributed by atoms with van der Waals surface area (Å²) in [6.07, 6.45) is 5.83. The number of unbranched alkanes of at least 4 members (excludes halogenated alkanes) is 2. The molecule has 1 atom stereocenters. The van der Waals surface area contributed by atoms with E-state index in [2.05, 4.69) is 13.3 Å². The maximum Gasteiger partial charge on any atom is 0.0459 e. The Morgan fingerprint density at radius 3 is 2.67 bits per heavy atom. The van der Waals surface area contributed by atoms with E-state index in [1.54, 1.807) is 0 Å². The summed E-state index contributed by atoms with van der Waals surface area (Å²) in [5.41, 5.74) is 0. The lowest BCUT2D eigenvalue weighted by Gasteiger charge is -2.04. The highest BCUT2D eigenvalue weighted by Gasteiger charge is 1.97. The first kappa shape index (κ1) is 8.96. The average molecular weight is 129 g/mol. The van der Waals surface area contributed by atoms with E-state index in [9.17, 15) is 0 Å². The largest absolute Gasteiger partial charge is 0.396 e. The van der Waals surface area contributed by atoms with E-state index >= 15 is 0 Å². The molecule has 0 saturated heterocycles. The molecule has 0 spiro atoms. The molecule has 0 heterocycles. The number of rotatable bonds is 5. The molecule has 0 aromatic rings. The summed E-state index contributed by atoms with van der Waals surface area (Å²) in [6.45, 7) is 4.51. The van der Waals surface area contributed by atoms with Gasteiger partial charge in [0.1, 0.15) is 0 Å². The highest BCUT2D eigenvalue weighted by molar-refractivity contribution is 4.70. The molecule has 1 radical (unpaired) electrons. The first-order valence-corrected chi connectivity index (χ1v) is 3.75. The third-order valence-corrected chi connectivity index (χ3v) is 1.41. The molecule has 1 unspecified atom stereocenters. The highest BCUT2D eigenvalue weighted by atomic mass is 16.3. The van der Waals surface area contributed by atoms with Gasteiger partial charge in [-0.15, -0.1) is 0 Å². The van der Waals surface area contributed by atoms with Gasteiger partial charge in [-0.05, 0) is 18.8 Å². The third-order valence-electron chi connectivity index (χ3n) is 1.41. The van der Waals surface area contributed by atoms with Crippen molar-refractivity contribution in [3.05, 3.63) is 6.42 Å². The van der Waals surface area contributed by atoms with Crippen LogP contribution in [-0.4, -0.2) is 11.7 Å². The molecule has 0 aliphatic carbocycles. The number of aliphatic hydroxyl groups is 1. The van der Waals surface area contributed by atoms with E-state index < -0.39 is 0 Å². The van der Waals surface area contributed by atoms with Crippen LogP contribution in [0.25, 0.3) is 0 Å². The number of hydrogen-bond acceptors (Lipinski definition) is 1. The first-order chi connectivity index (χ1) is 4.31. The Bertz CT molecular complexity index is 52.5. The molecule has 0 saturated carbocycles. The fourth-order valence-corrected chi connectivity index (χ4v) is 0.681. The lowest BCUT2D eigenvalue weighted by molar-refractivity contribution is 0.251. The molecule has 0 bridgehead atoms. The van der Waals surface area contributed by atoms with E-state index in [4.69, 9.17) is 5.11 Å². The normalized spacial score (nSPS) is 13.7. The van der Waals surface area contributed by atoms with Gasteiger partial charge in [-0.1, -0.05) is 26.7 Å². The van der Waals surface area contributed by atoms with Gasteiger partial charge in [0.05, 0.1) is 0 Å². The number of aliphatic hydroxyl groups excluding tert-OH is 1. The van der Waals surface area contributed by atoms with Crippen molar-refractivity contribution in [2.45, 2.75) is 33.1 Å². The minimum absolute atomic E-state index is 0.295. The zero-order valence-electron chi connectivity index (χ0n) is 6.43. The Labute approximate surface area is 58.1 Å². The third kappa shape index (κ3) is 5.84. The van der Waals surface area contributed by atoms with Crippen LogP contribution in [0.15, 0.2) is 0 Å². The molecule has 1 nitrogen and oxygen atoms in total. The van der Waals surface area contributed by atoms with Gasteiger partial charge < -0.3 is 5.11 Å². The van der Waals surface area contributed by atoms with Gasteiger partial charge in [-0.3, -0.25) is 0 Å². The van der Waals surface area contributed by atoms with Crippen LogP contribution in [0.5, 0.6) is 0 Å². The molecule has 9 heavy (non-hydrogen) atoms. The lowest BCUT2D eigenvalue weighted by Crippen LogP contribution is -2.00. The molecular formula is C8H17O. The summed E-state index contributed by atoms with van der Waals surface area (Å²) in [5, 5.41) is 8.60. The summed E-state index contributed by atoms with van der Waals surface area (Å²) in [5.74, 6) is 0.386. The van der Waals surface area contributed by atoms with E-state index in [0.29, 0.717) is 12.5 Å². The second-order valence-corrected chi connectivity index (χ2v) is 2.54. The van der Waals surface area contributed by atoms with Gasteiger partial charge >= 0.3 is 0 Å². The van der Waals surface area contributed by atoms with Gasteiger partial charge in [0.15, 0.2) is 0 Å². The molecule has 0 rings (SSSR count). The van der Waals surface area contributed by atoms with E-state index in [1.165, 1.54) is 12.8 Å². The van der Waals surface area contributed by atoms with Crippen molar-refractivity contribution in [2.75, 3.05) is 6.61 Å². The molecule has 1 heteroatoms. The Balaban J connectivity index is 2.88. The summed E-state index contributed by atoms with van der Waals surface area (Å²) in [7, 11) is 0. The molecule has 0 fully saturated rings. The Hall–Kier alpha value is -0.0400. The van der Waals surface area contributed by atoms with Crippen LogP contribution in [0.3, 0.4) is 0 Å². The summed E-state index contributed by atoms with van der Waals surface area (Å²) >= 11 is 0. The predicted molar refractivity (Wildman–Crippen MR) is 40.1 cm³/mol. The van der Waals surface area contributed by atoms with Crippen LogP contribution in [0.4, 0.5) is 0 Å². The maximum absolute atomic E-state index is 8.60. The van der Waals surface area contributed by atoms with Crippen LogP contribution in [0.2, 0.25) is 0 Å². The van der Waals surface area contributed by atoms with E-state index in [-0.39, 0.29) is 0 Å². The topological polar surface area (TPSA) is 20.2 Å². The van der Waals surface area contributed by atoms with Crippen molar-refractivity contribution < 1.29 is 5.11 Å². The zero-order chi connectivity index (χ0) is 7.11. The summed E-state index contributed by atoms with van der Waals surface area (Å²) in [4.78, 5) is 0. The van der Waals surface area contributed by atoms with Crippen LogP contribution in [0.1, 0.15) is 33.1 Å². The van der Waals surface area contributed by atoms with Crippen LogP contribution in [-0.2, 0) is 0 Å². The standard InChI is InChI=1S/C8H17O/c1-3-4-5-6-8(2)7-9/h6,8-9H,3-5,7H2,1-2H3. The predicted octanol–water partition coefficient (Wildman–Crippen LogP) is 2.01. The average Bonchev–Trinajstić information content (AvgIpc) is 1.89. The molecule has 0 aromatic carbocycles. The van der Waals surface area contributed by atoms with Gasteiger partial charge in [-0.2, -0.15) is 0 Å². The maximum atomic E-state index is 8.60. The van der Waals surface area contributed by atoms with Crippen molar-refractivity contribution in [3.63, 3.8) is 0 Å². The fourth-order valence-electron chi connectivity index (χ4n) is 0.681. The highest BCUT2D eigenvalue weighted by Crippen LogP contribution is 2.05. The lowest BCUT2D eigenvalue weighted by atomic mass is 10.0. The van der Waals surface area contributed by atoms with Crippen LogP contribution in [0, 0.1) is 12.3 Å². The van der Waals surface area contributed by atoms with Gasteiger partial charge in [0, 0.05) is 6.61 Å². The van der Waals surface area contributed by atoms with Gasteiger partial charge in [0.25, 0.3) is 0 Å². The Morgan fingerprint density at radius 1 is 1.56 bits per heavy atom. The molecule has 1 N–H and O–H groups in total. The second kappa shape index (κ2) is 6.09. The van der Waals surface area contributed by atoms with Crippen molar-refractivity contribution in [1.29, 1.82) is 0 Å². The first-order valence-electron chi connectivity index (χ1n) is 3.75. The Kier molecular flexibility index (Phi) is 6.06. The van der Waals surface area contributed by atoms with E-state index in [0.717, 1.165) is 6.42 Å². The quantitative estimate of drug-likeness (QED) is 0.563. The van der Waals surface area contributed by atoms with Crippen molar-refractivity contribution >= 4 is 0 Å². The molecular weight excluding hydrogens is 112 g/mol. The van der Waals surface area contributed by atoms with E-state index in [1.807, 2.05) is 6.92 Å². The molecule has 0 aromatic heterocycles. The molecule has 0 aliphatic rings. The minimum atomic E-state index is 0.295. The molecule has 0 amide bonds. The Morgan fingerprint density at radius 2 is 2.22 bits per heavy atom. The van der Waals surface area contributed by atoms with Gasteiger partial charge in [-0.25, -0.2) is 0 Å². The SMILES string of the molecule is CCCC[CH]C(C)CO. The van der Waals surface area contributed by atoms with Crippen molar-refractivity contribution in [3.8, 4) is 0 Å². The fraction of sp³-hybridized carbons (Fsp3) is 0.875. The molecule has 55 valence electrons. The van der Waals surface area contributed by atoms with Crippen molar-refractivity contribution in [1.82, 2.24) is 0 Å². The summed E-state index contributed by atoms with van der Waals surface area (Å²) in [6, 6.07) is 0. The second-order valence-electron chi connectivity index (χ2n) is 2.54. The van der Waals surface area contributed by atoms with Crippen LogP contribution < -0.4 is 0 Å². The smallest absolute Gasteiger partial charge is 0.0459 e. The monoisotopic (exact) mass is 129 g/mol. The zero-order valence-corrected chi connectivity index (χ0v) is 6.43. The molecule has 0 aliphatic heterocycles. The van der Waals surface area contributed by atoms with Crippen LogP contribution >= 0.6 is 0 Å². The number of hydrogen-bond donors (Lipinski definition) is 1. The van der Waals surface area contributed by atoms with Crippen molar-refractivity contribution in [2.24, 2.45) is 5.92 Å². The summed E-state index contributed by atoms with van der Waals surface area (Å²) < 4.78 is 0.